The SMILES string of the molecule is Oc1cccn2c(CC3CCNCC3)nnc12. The summed E-state index contributed by atoms with van der Waals surface area (Å²) in [5.41, 5.74) is 0.552. The molecule has 90 valence electrons. The topological polar surface area (TPSA) is 62.5 Å². The van der Waals surface area contributed by atoms with E-state index in [1.165, 1.54) is 12.8 Å². The van der Waals surface area contributed by atoms with Gasteiger partial charge in [-0.15, -0.1) is 10.2 Å². The summed E-state index contributed by atoms with van der Waals surface area (Å²) in [6.45, 7) is 2.18. The van der Waals surface area contributed by atoms with Gasteiger partial charge >= 0.3 is 0 Å². The minimum atomic E-state index is 0.191. The van der Waals surface area contributed by atoms with Gasteiger partial charge in [-0.25, -0.2) is 0 Å². The highest BCUT2D eigenvalue weighted by molar-refractivity contribution is 5.51. The summed E-state index contributed by atoms with van der Waals surface area (Å²) < 4.78 is 1.89. The van der Waals surface area contributed by atoms with Crippen molar-refractivity contribution in [1.82, 2.24) is 19.9 Å². The Labute approximate surface area is 99.5 Å². The first-order valence-corrected chi connectivity index (χ1v) is 6.07. The monoisotopic (exact) mass is 232 g/mol. The molecule has 0 atom stereocenters. The fourth-order valence-electron chi connectivity index (χ4n) is 2.43. The van der Waals surface area contributed by atoms with Gasteiger partial charge in [0.2, 0.25) is 5.65 Å². The Morgan fingerprint density at radius 1 is 1.35 bits per heavy atom. The second kappa shape index (κ2) is 4.33. The number of nitrogens with one attached hydrogen (secondary N) is 1. The predicted molar refractivity (Wildman–Crippen MR) is 63.9 cm³/mol. The molecule has 3 rings (SSSR count). The van der Waals surface area contributed by atoms with Crippen molar-refractivity contribution < 1.29 is 5.11 Å². The molecule has 0 unspecified atom stereocenters. The van der Waals surface area contributed by atoms with Gasteiger partial charge in [-0.2, -0.15) is 0 Å². The molecule has 2 N–H and O–H groups in total. The Morgan fingerprint density at radius 3 is 3.00 bits per heavy atom. The lowest BCUT2D eigenvalue weighted by Gasteiger charge is -2.21. The third-order valence-corrected chi connectivity index (χ3v) is 3.41. The van der Waals surface area contributed by atoms with Gasteiger partial charge in [0.05, 0.1) is 0 Å². The zero-order valence-electron chi connectivity index (χ0n) is 9.63. The van der Waals surface area contributed by atoms with Gasteiger partial charge in [-0.05, 0) is 44.0 Å². The van der Waals surface area contributed by atoms with E-state index in [2.05, 4.69) is 15.5 Å². The highest BCUT2D eigenvalue weighted by Crippen LogP contribution is 2.20. The summed E-state index contributed by atoms with van der Waals surface area (Å²) in [7, 11) is 0. The van der Waals surface area contributed by atoms with Gasteiger partial charge in [-0.3, -0.25) is 4.40 Å². The third-order valence-electron chi connectivity index (χ3n) is 3.41. The average molecular weight is 232 g/mol. The second-order valence-electron chi connectivity index (χ2n) is 4.60. The van der Waals surface area contributed by atoms with Crippen molar-refractivity contribution >= 4 is 5.65 Å². The number of nitrogens with zero attached hydrogens (tertiary/aromatic N) is 3. The van der Waals surface area contributed by atoms with Crippen molar-refractivity contribution in [3.8, 4) is 5.75 Å². The normalized spacial score (nSPS) is 17.6. The molecule has 2 aromatic rings. The molecular weight excluding hydrogens is 216 g/mol. The molecule has 0 bridgehead atoms. The van der Waals surface area contributed by atoms with Crippen LogP contribution in [0.3, 0.4) is 0 Å². The molecule has 1 aliphatic heterocycles. The molecule has 1 saturated heterocycles. The highest BCUT2D eigenvalue weighted by atomic mass is 16.3. The number of hydrogen-bond acceptors (Lipinski definition) is 4. The maximum absolute atomic E-state index is 9.66. The lowest BCUT2D eigenvalue weighted by molar-refractivity contribution is 0.366. The number of pyridine rings is 1. The van der Waals surface area contributed by atoms with E-state index in [0.717, 1.165) is 25.3 Å². The summed E-state index contributed by atoms with van der Waals surface area (Å²) in [6.07, 6.45) is 5.22. The van der Waals surface area contributed by atoms with Gasteiger partial charge in [0.25, 0.3) is 0 Å². The van der Waals surface area contributed by atoms with Crippen LogP contribution in [0.25, 0.3) is 5.65 Å². The molecule has 0 aromatic carbocycles. The van der Waals surface area contributed by atoms with Crippen LogP contribution in [0, 0.1) is 5.92 Å². The third kappa shape index (κ3) is 1.98. The van der Waals surface area contributed by atoms with Crippen LogP contribution in [-0.2, 0) is 6.42 Å². The molecule has 3 heterocycles. The van der Waals surface area contributed by atoms with E-state index in [1.54, 1.807) is 6.07 Å². The molecule has 0 radical (unpaired) electrons. The van der Waals surface area contributed by atoms with Crippen LogP contribution in [0.4, 0.5) is 0 Å². The Morgan fingerprint density at radius 2 is 2.18 bits per heavy atom. The summed E-state index contributed by atoms with van der Waals surface area (Å²) >= 11 is 0. The van der Waals surface area contributed by atoms with E-state index in [0.29, 0.717) is 11.6 Å². The van der Waals surface area contributed by atoms with Gasteiger partial charge in [-0.1, -0.05) is 0 Å². The number of aromatic nitrogens is 3. The van der Waals surface area contributed by atoms with E-state index < -0.39 is 0 Å². The fourth-order valence-corrected chi connectivity index (χ4v) is 2.43. The van der Waals surface area contributed by atoms with Crippen LogP contribution in [0.15, 0.2) is 18.3 Å². The highest BCUT2D eigenvalue weighted by Gasteiger charge is 2.17. The Kier molecular flexibility index (Phi) is 2.68. The first-order valence-electron chi connectivity index (χ1n) is 6.07. The van der Waals surface area contributed by atoms with Crippen molar-refractivity contribution in [3.63, 3.8) is 0 Å². The summed E-state index contributed by atoms with van der Waals surface area (Å²) in [4.78, 5) is 0. The smallest absolute Gasteiger partial charge is 0.203 e. The molecular formula is C12H16N4O. The van der Waals surface area contributed by atoms with Crippen molar-refractivity contribution in [2.45, 2.75) is 19.3 Å². The Balaban J connectivity index is 1.87. The Hall–Kier alpha value is -1.62. The van der Waals surface area contributed by atoms with Crippen LogP contribution in [0.2, 0.25) is 0 Å². The molecule has 0 saturated carbocycles. The molecule has 0 spiro atoms. The van der Waals surface area contributed by atoms with E-state index in [-0.39, 0.29) is 5.75 Å². The number of aromatic hydroxyl groups is 1. The summed E-state index contributed by atoms with van der Waals surface area (Å²) in [6, 6.07) is 3.45. The first kappa shape index (κ1) is 10.5. The quantitative estimate of drug-likeness (QED) is 0.810. The van der Waals surface area contributed by atoms with Gasteiger partial charge in [0.15, 0.2) is 5.75 Å². The summed E-state index contributed by atoms with van der Waals surface area (Å²) in [5.74, 6) is 1.81. The lowest BCUT2D eigenvalue weighted by Crippen LogP contribution is -2.29. The molecule has 1 fully saturated rings. The number of fused-ring (bicyclic) bond motifs is 1. The van der Waals surface area contributed by atoms with Crippen LogP contribution >= 0.6 is 0 Å². The zero-order valence-corrected chi connectivity index (χ0v) is 9.63. The van der Waals surface area contributed by atoms with Crippen molar-refractivity contribution in [2.24, 2.45) is 5.92 Å². The van der Waals surface area contributed by atoms with Gasteiger partial charge in [0, 0.05) is 12.6 Å². The molecule has 2 aromatic heterocycles. The molecule has 1 aliphatic rings. The average Bonchev–Trinajstić information content (AvgIpc) is 2.76. The largest absolute Gasteiger partial charge is 0.504 e. The van der Waals surface area contributed by atoms with Gasteiger partial charge < -0.3 is 10.4 Å². The zero-order chi connectivity index (χ0) is 11.7. The first-order chi connectivity index (χ1) is 8.34. The minimum absolute atomic E-state index is 0.191. The molecule has 0 aliphatic carbocycles. The van der Waals surface area contributed by atoms with E-state index >= 15 is 0 Å². The maximum Gasteiger partial charge on any atom is 0.203 e. The number of rotatable bonds is 2. The fraction of sp³-hybridized carbons (Fsp3) is 0.500. The van der Waals surface area contributed by atoms with E-state index in [9.17, 15) is 5.11 Å². The lowest BCUT2D eigenvalue weighted by atomic mass is 9.94. The van der Waals surface area contributed by atoms with Crippen LogP contribution < -0.4 is 5.32 Å². The van der Waals surface area contributed by atoms with Crippen LogP contribution in [0.1, 0.15) is 18.7 Å². The van der Waals surface area contributed by atoms with Crippen LogP contribution in [-0.4, -0.2) is 32.8 Å². The van der Waals surface area contributed by atoms with Crippen molar-refractivity contribution in [1.29, 1.82) is 0 Å². The predicted octanol–water partition coefficient (Wildman–Crippen LogP) is 0.977. The van der Waals surface area contributed by atoms with Crippen molar-refractivity contribution in [3.05, 3.63) is 24.2 Å². The number of piperidine rings is 1. The number of hydrogen-bond donors (Lipinski definition) is 2. The van der Waals surface area contributed by atoms with E-state index in [1.807, 2.05) is 16.7 Å². The molecule has 17 heavy (non-hydrogen) atoms. The molecule has 5 nitrogen and oxygen atoms in total. The van der Waals surface area contributed by atoms with E-state index in [4.69, 9.17) is 0 Å². The Bertz CT molecular complexity index is 516. The standard InChI is InChI=1S/C12H16N4O/c17-10-2-1-7-16-11(14-15-12(10)16)8-9-3-5-13-6-4-9/h1-2,7,9,13,17H,3-6,8H2. The molecule has 0 amide bonds. The molecule has 5 heteroatoms. The van der Waals surface area contributed by atoms with Crippen molar-refractivity contribution in [2.75, 3.05) is 13.1 Å². The maximum atomic E-state index is 9.66. The van der Waals surface area contributed by atoms with Crippen LogP contribution in [0.5, 0.6) is 5.75 Å². The minimum Gasteiger partial charge on any atom is -0.504 e. The van der Waals surface area contributed by atoms with Gasteiger partial charge in [0.1, 0.15) is 5.82 Å². The summed E-state index contributed by atoms with van der Waals surface area (Å²) in [5, 5.41) is 21.2. The second-order valence-corrected chi connectivity index (χ2v) is 4.60.